The van der Waals surface area contributed by atoms with Crippen LogP contribution in [0.3, 0.4) is 0 Å². The van der Waals surface area contributed by atoms with E-state index < -0.39 is 15.8 Å². The Morgan fingerprint density at radius 3 is 2.60 bits per heavy atom. The lowest BCUT2D eigenvalue weighted by Gasteiger charge is -2.30. The molecule has 15 heavy (non-hydrogen) atoms. The van der Waals surface area contributed by atoms with Crippen LogP contribution in [0.2, 0.25) is 0 Å². The summed E-state index contributed by atoms with van der Waals surface area (Å²) in [6.45, 7) is 1.50. The lowest BCUT2D eigenvalue weighted by atomic mass is 10.00. The molecule has 0 spiro atoms. The van der Waals surface area contributed by atoms with Gasteiger partial charge in [-0.3, -0.25) is 0 Å². The minimum Gasteiger partial charge on any atom is -0.411 e. The third-order valence-electron chi connectivity index (χ3n) is 2.38. The molecule has 0 amide bonds. The summed E-state index contributed by atoms with van der Waals surface area (Å²) < 4.78 is 47.3. The van der Waals surface area contributed by atoms with Gasteiger partial charge in [0.2, 0.25) is 0 Å². The van der Waals surface area contributed by atoms with Crippen LogP contribution in [-0.2, 0) is 10.0 Å². The number of halogens is 2. The van der Waals surface area contributed by atoms with E-state index in [4.69, 9.17) is 5.21 Å². The molecule has 0 aromatic carbocycles. The smallest absolute Gasteiger partial charge is 0.350 e. The van der Waals surface area contributed by atoms with Gasteiger partial charge >= 0.3 is 5.76 Å². The van der Waals surface area contributed by atoms with E-state index in [1.807, 2.05) is 0 Å². The van der Waals surface area contributed by atoms with Gasteiger partial charge in [0.15, 0.2) is 0 Å². The van der Waals surface area contributed by atoms with E-state index in [1.165, 1.54) is 0 Å². The molecule has 8 heteroatoms. The average molecular weight is 242 g/mol. The second-order valence-corrected chi connectivity index (χ2v) is 5.31. The summed E-state index contributed by atoms with van der Waals surface area (Å²) >= 11 is 0. The predicted molar refractivity (Wildman–Crippen MR) is 49.5 cm³/mol. The molecule has 0 saturated carbocycles. The first-order valence-electron chi connectivity index (χ1n) is 4.37. The van der Waals surface area contributed by atoms with Crippen LogP contribution in [0.5, 0.6) is 0 Å². The SMILES string of the molecule is CC1CN(S(=O)(=O)C(F)F)CCC1=NO. The van der Waals surface area contributed by atoms with E-state index in [1.54, 1.807) is 6.92 Å². The van der Waals surface area contributed by atoms with Crippen LogP contribution in [0.1, 0.15) is 13.3 Å². The number of sulfonamides is 1. The maximum absolute atomic E-state index is 12.2. The summed E-state index contributed by atoms with van der Waals surface area (Å²) in [5.74, 6) is -3.73. The van der Waals surface area contributed by atoms with Crippen LogP contribution in [0.15, 0.2) is 5.16 Å². The molecule has 0 bridgehead atoms. The van der Waals surface area contributed by atoms with Crippen molar-refractivity contribution >= 4 is 15.7 Å². The molecule has 1 N–H and O–H groups in total. The number of hydrogen-bond donors (Lipinski definition) is 1. The van der Waals surface area contributed by atoms with Crippen LogP contribution in [0.25, 0.3) is 0 Å². The number of hydrogen-bond acceptors (Lipinski definition) is 4. The molecular formula is C7H12F2N2O3S. The average Bonchev–Trinajstić information content (AvgIpc) is 2.17. The quantitative estimate of drug-likeness (QED) is 0.572. The van der Waals surface area contributed by atoms with E-state index in [2.05, 4.69) is 5.16 Å². The van der Waals surface area contributed by atoms with Gasteiger partial charge < -0.3 is 5.21 Å². The van der Waals surface area contributed by atoms with Gasteiger partial charge in [-0.15, -0.1) is 0 Å². The van der Waals surface area contributed by atoms with Gasteiger partial charge in [0.25, 0.3) is 10.0 Å². The number of alkyl halides is 2. The number of oxime groups is 1. The maximum atomic E-state index is 12.2. The van der Waals surface area contributed by atoms with Gasteiger partial charge in [0.1, 0.15) is 0 Å². The Kier molecular flexibility index (Phi) is 3.61. The monoisotopic (exact) mass is 242 g/mol. The van der Waals surface area contributed by atoms with Gasteiger partial charge in [-0.05, 0) is 0 Å². The van der Waals surface area contributed by atoms with Gasteiger partial charge in [-0.2, -0.15) is 13.1 Å². The van der Waals surface area contributed by atoms with E-state index >= 15 is 0 Å². The maximum Gasteiger partial charge on any atom is 0.350 e. The minimum atomic E-state index is -4.50. The number of piperidine rings is 1. The fourth-order valence-electron chi connectivity index (χ4n) is 1.48. The van der Waals surface area contributed by atoms with Crippen LogP contribution in [0, 0.1) is 5.92 Å². The molecule has 0 aliphatic carbocycles. The Morgan fingerprint density at radius 1 is 1.60 bits per heavy atom. The fraction of sp³-hybridized carbons (Fsp3) is 0.857. The Labute approximate surface area is 86.4 Å². The van der Waals surface area contributed by atoms with Gasteiger partial charge in [-0.25, -0.2) is 8.42 Å². The summed E-state index contributed by atoms with van der Waals surface area (Å²) in [5, 5.41) is 11.5. The third kappa shape index (κ3) is 2.43. The van der Waals surface area contributed by atoms with Crippen molar-refractivity contribution in [2.45, 2.75) is 19.1 Å². The van der Waals surface area contributed by atoms with Gasteiger partial charge in [0, 0.05) is 25.4 Å². The largest absolute Gasteiger partial charge is 0.411 e. The summed E-state index contributed by atoms with van der Waals surface area (Å²) in [7, 11) is -4.50. The van der Waals surface area contributed by atoms with Crippen molar-refractivity contribution in [2.75, 3.05) is 13.1 Å². The van der Waals surface area contributed by atoms with Crippen LogP contribution < -0.4 is 0 Å². The molecule has 1 unspecified atom stereocenters. The second-order valence-electron chi connectivity index (χ2n) is 3.41. The van der Waals surface area contributed by atoms with Crippen molar-refractivity contribution in [2.24, 2.45) is 11.1 Å². The number of rotatable bonds is 2. The lowest BCUT2D eigenvalue weighted by Crippen LogP contribution is -2.45. The molecular weight excluding hydrogens is 230 g/mol. The van der Waals surface area contributed by atoms with Crippen LogP contribution in [0.4, 0.5) is 8.78 Å². The first kappa shape index (κ1) is 12.3. The van der Waals surface area contributed by atoms with Crippen LogP contribution >= 0.6 is 0 Å². The molecule has 1 aliphatic rings. The van der Waals surface area contributed by atoms with E-state index in [-0.39, 0.29) is 25.4 Å². The van der Waals surface area contributed by atoms with Crippen LogP contribution in [-0.4, -0.2) is 42.5 Å². The minimum absolute atomic E-state index is 0.0591. The summed E-state index contributed by atoms with van der Waals surface area (Å²) in [6.07, 6.45) is 0.184. The van der Waals surface area contributed by atoms with Crippen molar-refractivity contribution in [3.05, 3.63) is 0 Å². The fourth-order valence-corrected chi connectivity index (χ4v) is 2.48. The Hall–Kier alpha value is -0.760. The zero-order chi connectivity index (χ0) is 11.6. The van der Waals surface area contributed by atoms with Crippen molar-refractivity contribution in [1.29, 1.82) is 0 Å². The molecule has 1 saturated heterocycles. The highest BCUT2D eigenvalue weighted by molar-refractivity contribution is 7.89. The van der Waals surface area contributed by atoms with Crippen molar-refractivity contribution in [1.82, 2.24) is 4.31 Å². The standard InChI is InChI=1S/C7H12F2N2O3S/c1-5-4-11(3-2-6(5)10-12)15(13,14)7(8)9/h5,7,12H,2-4H2,1H3. The lowest BCUT2D eigenvalue weighted by molar-refractivity contribution is 0.215. The zero-order valence-electron chi connectivity index (χ0n) is 8.10. The van der Waals surface area contributed by atoms with E-state index in [0.29, 0.717) is 5.71 Å². The molecule has 1 heterocycles. The summed E-state index contributed by atoms with van der Waals surface area (Å²) in [4.78, 5) is 0. The van der Waals surface area contributed by atoms with Gasteiger partial charge in [0.05, 0.1) is 5.71 Å². The Bertz CT molecular complexity index is 355. The predicted octanol–water partition coefficient (Wildman–Crippen LogP) is 0.711. The molecule has 1 fully saturated rings. The van der Waals surface area contributed by atoms with E-state index in [0.717, 1.165) is 4.31 Å². The number of nitrogens with zero attached hydrogens (tertiary/aromatic N) is 2. The highest BCUT2D eigenvalue weighted by Crippen LogP contribution is 2.20. The molecule has 0 aromatic heterocycles. The van der Waals surface area contributed by atoms with Gasteiger partial charge in [-0.1, -0.05) is 12.1 Å². The molecule has 1 atom stereocenters. The molecule has 0 radical (unpaired) electrons. The summed E-state index contributed by atoms with van der Waals surface area (Å²) in [5.41, 5.74) is 0.440. The molecule has 1 rings (SSSR count). The highest BCUT2D eigenvalue weighted by atomic mass is 32.2. The van der Waals surface area contributed by atoms with Crippen molar-refractivity contribution in [3.63, 3.8) is 0 Å². The summed E-state index contributed by atoms with van der Waals surface area (Å²) in [6, 6.07) is 0. The third-order valence-corrected chi connectivity index (χ3v) is 3.88. The van der Waals surface area contributed by atoms with Crippen molar-refractivity contribution in [3.8, 4) is 0 Å². The zero-order valence-corrected chi connectivity index (χ0v) is 8.91. The Morgan fingerprint density at radius 2 is 2.20 bits per heavy atom. The van der Waals surface area contributed by atoms with Crippen molar-refractivity contribution < 1.29 is 22.4 Å². The van der Waals surface area contributed by atoms with E-state index in [9.17, 15) is 17.2 Å². The molecule has 1 aliphatic heterocycles. The molecule has 5 nitrogen and oxygen atoms in total. The second kappa shape index (κ2) is 4.40. The highest BCUT2D eigenvalue weighted by Gasteiger charge is 2.36. The molecule has 88 valence electrons. The molecule has 0 aromatic rings. The topological polar surface area (TPSA) is 70.0 Å². The Balaban J connectivity index is 2.79. The first-order valence-corrected chi connectivity index (χ1v) is 5.88. The first-order chi connectivity index (χ1) is 6.89. The normalized spacial score (nSPS) is 27.5.